The van der Waals surface area contributed by atoms with Crippen molar-refractivity contribution in [2.75, 3.05) is 0 Å². The van der Waals surface area contributed by atoms with Gasteiger partial charge in [-0.3, -0.25) is 0 Å². The Morgan fingerprint density at radius 3 is 2.57 bits per heavy atom. The van der Waals surface area contributed by atoms with Crippen LogP contribution >= 0.6 is 0 Å². The van der Waals surface area contributed by atoms with E-state index in [4.69, 9.17) is 21.1 Å². The van der Waals surface area contributed by atoms with Crippen molar-refractivity contribution in [2.45, 2.75) is 12.1 Å². The topological polar surface area (TPSA) is 104 Å². The largest absolute Gasteiger partial charge is 0.508 e. The molecular weight excluding hydrogens is 186 g/mol. The van der Waals surface area contributed by atoms with Gasteiger partial charge in [-0.05, 0) is 17.7 Å². The number of aliphatic hydroxyl groups is 1. The Morgan fingerprint density at radius 1 is 1.43 bits per heavy atom. The van der Waals surface area contributed by atoms with Gasteiger partial charge in [0.25, 0.3) is 0 Å². The van der Waals surface area contributed by atoms with Crippen molar-refractivity contribution in [3.8, 4) is 5.75 Å². The fraction of sp³-hybridized carbons (Fsp3) is 0.222. The second-order valence-corrected chi connectivity index (χ2v) is 2.90. The summed E-state index contributed by atoms with van der Waals surface area (Å²) >= 11 is 0. The highest BCUT2D eigenvalue weighted by atomic mass is 16.4. The average molecular weight is 197 g/mol. The summed E-state index contributed by atoms with van der Waals surface area (Å²) in [6.07, 6.45) is -1.67. The van der Waals surface area contributed by atoms with Crippen LogP contribution < -0.4 is 5.73 Å². The first kappa shape index (κ1) is 10.5. The van der Waals surface area contributed by atoms with Crippen LogP contribution in [0.2, 0.25) is 0 Å². The standard InChI is InChI=1S/C9H11NO4/c10-7(8(12)9(13)14)5-2-1-3-6(11)4-5/h1-4,7-8,11-12H,10H2,(H,13,14)/t7-,8-/m0/s1. The number of aliphatic hydroxyl groups excluding tert-OH is 1. The molecule has 0 bridgehead atoms. The Labute approximate surface area is 80.4 Å². The van der Waals surface area contributed by atoms with Gasteiger partial charge in [0.2, 0.25) is 0 Å². The third-order valence-electron chi connectivity index (χ3n) is 1.85. The molecule has 0 saturated carbocycles. The van der Waals surface area contributed by atoms with E-state index in [1.807, 2.05) is 0 Å². The van der Waals surface area contributed by atoms with Crippen molar-refractivity contribution in [2.24, 2.45) is 5.73 Å². The molecule has 0 unspecified atom stereocenters. The van der Waals surface area contributed by atoms with Gasteiger partial charge in [0.1, 0.15) is 5.75 Å². The molecule has 0 aromatic heterocycles. The van der Waals surface area contributed by atoms with Crippen LogP contribution in [0.5, 0.6) is 5.75 Å². The summed E-state index contributed by atoms with van der Waals surface area (Å²) in [6, 6.07) is 4.77. The smallest absolute Gasteiger partial charge is 0.334 e. The monoisotopic (exact) mass is 197 g/mol. The molecule has 1 aromatic carbocycles. The molecule has 0 aliphatic heterocycles. The van der Waals surface area contributed by atoms with Crippen molar-refractivity contribution < 1.29 is 20.1 Å². The lowest BCUT2D eigenvalue weighted by Crippen LogP contribution is -2.33. The first-order valence-electron chi connectivity index (χ1n) is 3.97. The van der Waals surface area contributed by atoms with Crippen molar-refractivity contribution in [3.63, 3.8) is 0 Å². The number of hydrogen-bond donors (Lipinski definition) is 4. The van der Waals surface area contributed by atoms with Crippen LogP contribution in [0.4, 0.5) is 0 Å². The lowest BCUT2D eigenvalue weighted by molar-refractivity contribution is -0.147. The highest BCUT2D eigenvalue weighted by Crippen LogP contribution is 2.18. The van der Waals surface area contributed by atoms with E-state index in [1.165, 1.54) is 24.3 Å². The molecule has 1 rings (SSSR count). The second kappa shape index (κ2) is 4.08. The maximum absolute atomic E-state index is 10.4. The minimum absolute atomic E-state index is 0.0180. The van der Waals surface area contributed by atoms with E-state index in [-0.39, 0.29) is 5.75 Å². The number of carboxylic acid groups (broad SMARTS) is 1. The van der Waals surface area contributed by atoms with Gasteiger partial charge in [-0.1, -0.05) is 12.1 Å². The van der Waals surface area contributed by atoms with Crippen LogP contribution in [-0.4, -0.2) is 27.4 Å². The molecule has 0 spiro atoms. The van der Waals surface area contributed by atoms with Crippen LogP contribution in [0.15, 0.2) is 24.3 Å². The molecule has 0 fully saturated rings. The zero-order valence-electron chi connectivity index (χ0n) is 7.29. The number of hydrogen-bond acceptors (Lipinski definition) is 4. The van der Waals surface area contributed by atoms with E-state index in [1.54, 1.807) is 0 Å². The number of rotatable bonds is 3. The van der Waals surface area contributed by atoms with E-state index < -0.39 is 18.1 Å². The van der Waals surface area contributed by atoms with Crippen molar-refractivity contribution >= 4 is 5.97 Å². The molecule has 5 nitrogen and oxygen atoms in total. The van der Waals surface area contributed by atoms with Gasteiger partial charge in [-0.15, -0.1) is 0 Å². The highest BCUT2D eigenvalue weighted by Gasteiger charge is 2.23. The summed E-state index contributed by atoms with van der Waals surface area (Å²) in [5.41, 5.74) is 5.84. The predicted molar refractivity (Wildman–Crippen MR) is 48.7 cm³/mol. The summed E-state index contributed by atoms with van der Waals surface area (Å²) in [5, 5.41) is 26.7. The van der Waals surface area contributed by atoms with E-state index >= 15 is 0 Å². The van der Waals surface area contributed by atoms with E-state index in [9.17, 15) is 4.79 Å². The number of phenols is 1. The van der Waals surface area contributed by atoms with Gasteiger partial charge < -0.3 is 21.1 Å². The fourth-order valence-corrected chi connectivity index (χ4v) is 1.07. The molecule has 0 saturated heterocycles. The maximum atomic E-state index is 10.4. The van der Waals surface area contributed by atoms with Gasteiger partial charge in [0.05, 0.1) is 6.04 Å². The Balaban J connectivity index is 2.89. The average Bonchev–Trinajstić information content (AvgIpc) is 2.15. The summed E-state index contributed by atoms with van der Waals surface area (Å²) in [7, 11) is 0. The summed E-state index contributed by atoms with van der Waals surface area (Å²) < 4.78 is 0. The quantitative estimate of drug-likeness (QED) is 0.539. The Morgan fingerprint density at radius 2 is 2.07 bits per heavy atom. The molecule has 14 heavy (non-hydrogen) atoms. The van der Waals surface area contributed by atoms with Crippen molar-refractivity contribution in [1.82, 2.24) is 0 Å². The Bertz CT molecular complexity index is 339. The summed E-state index contributed by atoms with van der Waals surface area (Å²) in [4.78, 5) is 10.4. The predicted octanol–water partition coefficient (Wildman–Crippen LogP) is -0.163. The molecule has 2 atom stereocenters. The number of carboxylic acids is 1. The first-order chi connectivity index (χ1) is 6.52. The zero-order valence-corrected chi connectivity index (χ0v) is 7.29. The normalized spacial score (nSPS) is 14.7. The number of nitrogens with two attached hydrogens (primary N) is 1. The van der Waals surface area contributed by atoms with Crippen LogP contribution in [0.3, 0.4) is 0 Å². The lowest BCUT2D eigenvalue weighted by Gasteiger charge is -2.15. The Kier molecular flexibility index (Phi) is 3.06. The molecule has 5 N–H and O–H groups in total. The third kappa shape index (κ3) is 2.21. The number of aromatic hydroxyl groups is 1. The number of benzene rings is 1. The molecule has 0 aliphatic rings. The summed E-state index contributed by atoms with van der Waals surface area (Å²) in [6.45, 7) is 0. The molecule has 0 aliphatic carbocycles. The van der Waals surface area contributed by atoms with E-state index in [0.717, 1.165) is 0 Å². The van der Waals surface area contributed by atoms with Gasteiger partial charge in [0.15, 0.2) is 6.10 Å². The Hall–Kier alpha value is -1.59. The number of phenolic OH excluding ortho intramolecular Hbond substituents is 1. The molecule has 0 heterocycles. The van der Waals surface area contributed by atoms with Crippen LogP contribution in [0, 0.1) is 0 Å². The number of aliphatic carboxylic acids is 1. The van der Waals surface area contributed by atoms with Gasteiger partial charge >= 0.3 is 5.97 Å². The number of carbonyl (C=O) groups is 1. The molecular formula is C9H11NO4. The maximum Gasteiger partial charge on any atom is 0.334 e. The van der Waals surface area contributed by atoms with Gasteiger partial charge in [0, 0.05) is 0 Å². The van der Waals surface area contributed by atoms with Crippen molar-refractivity contribution in [1.29, 1.82) is 0 Å². The molecule has 1 aromatic rings. The lowest BCUT2D eigenvalue weighted by atomic mass is 10.0. The van der Waals surface area contributed by atoms with Crippen LogP contribution in [0.1, 0.15) is 11.6 Å². The summed E-state index contributed by atoms with van der Waals surface area (Å²) in [5.74, 6) is -1.41. The third-order valence-corrected chi connectivity index (χ3v) is 1.85. The SMILES string of the molecule is N[C@@H](c1cccc(O)c1)[C@H](O)C(=O)O. The van der Waals surface area contributed by atoms with E-state index in [2.05, 4.69) is 0 Å². The molecule has 0 amide bonds. The molecule has 5 heteroatoms. The van der Waals surface area contributed by atoms with Crippen LogP contribution in [0.25, 0.3) is 0 Å². The van der Waals surface area contributed by atoms with E-state index in [0.29, 0.717) is 5.56 Å². The molecule has 76 valence electrons. The minimum Gasteiger partial charge on any atom is -0.508 e. The van der Waals surface area contributed by atoms with Gasteiger partial charge in [-0.2, -0.15) is 0 Å². The highest BCUT2D eigenvalue weighted by molar-refractivity contribution is 5.73. The fourth-order valence-electron chi connectivity index (χ4n) is 1.07. The van der Waals surface area contributed by atoms with Crippen molar-refractivity contribution in [3.05, 3.63) is 29.8 Å². The molecule has 0 radical (unpaired) electrons. The minimum atomic E-state index is -1.67. The van der Waals surface area contributed by atoms with Gasteiger partial charge in [-0.25, -0.2) is 4.79 Å². The zero-order chi connectivity index (χ0) is 10.7. The first-order valence-corrected chi connectivity index (χ1v) is 3.97. The second-order valence-electron chi connectivity index (χ2n) is 2.90. The van der Waals surface area contributed by atoms with Crippen LogP contribution in [-0.2, 0) is 4.79 Å².